The molecule has 0 spiro atoms. The van der Waals surface area contributed by atoms with Crippen molar-refractivity contribution in [3.8, 4) is 0 Å². The average molecular weight is 1340 g/mol. The molecular weight excluding hydrogens is 1220 g/mol. The van der Waals surface area contributed by atoms with Crippen LogP contribution in [0.25, 0.3) is 0 Å². The van der Waals surface area contributed by atoms with E-state index in [0.717, 1.165) is 9.80 Å². The van der Waals surface area contributed by atoms with E-state index in [1.165, 1.54) is 80.8 Å². The number of hydrogen-bond donors (Lipinski definition) is 2. The molecule has 2 rings (SSSR count). The molecule has 0 aromatic heterocycles. The fourth-order valence-corrected chi connectivity index (χ4v) is 13.0. The quantitative estimate of drug-likeness (QED) is 0.170. The minimum absolute atomic E-state index is 0.0206. The molecule has 24 nitrogen and oxygen atoms in total. The SMILES string of the molecule is C/C=C/C[C@@H](C)[C@@H](O)[C@H]1C(=O)N[C@@H](CC)C(=O)N(C)[C@H](C)C(=O)N(C)[C@@H]([C@H](C)COC(=O)N2CCN(C)CC2)C(=O)C[C@@H](C(C)C)C(=O)N(C)[C@@H](CC(C)C)C(=O)C[C@@H](C)C(=O)C[C@H](C)C(=O)N(C)[C@@H](CC(C)C)C(=O)N(C)[C@@H](CC(C)C)C(=O)N(C)[C@@H](C(C)C)C(=O)N1C. The van der Waals surface area contributed by atoms with E-state index >= 15 is 33.6 Å². The molecule has 14 atom stereocenters. The highest BCUT2D eigenvalue weighted by Gasteiger charge is 2.47. The Hall–Kier alpha value is -6.30. The van der Waals surface area contributed by atoms with E-state index in [-0.39, 0.29) is 68.7 Å². The third-order valence-electron chi connectivity index (χ3n) is 19.5. The molecule has 0 aromatic rings. The first-order chi connectivity index (χ1) is 44.0. The number of piperazine rings is 1. The van der Waals surface area contributed by atoms with E-state index in [0.29, 0.717) is 32.6 Å². The van der Waals surface area contributed by atoms with Gasteiger partial charge in [0, 0.05) is 118 Å². The van der Waals surface area contributed by atoms with Gasteiger partial charge in [-0.05, 0) is 88.5 Å². The molecule has 2 aliphatic heterocycles. The fourth-order valence-electron chi connectivity index (χ4n) is 13.0. The Bertz CT molecular complexity index is 2660. The van der Waals surface area contributed by atoms with Gasteiger partial charge in [0.25, 0.3) is 0 Å². The first-order valence-corrected chi connectivity index (χ1v) is 34.7. The van der Waals surface area contributed by atoms with Gasteiger partial charge in [-0.3, -0.25) is 52.7 Å². The van der Waals surface area contributed by atoms with Gasteiger partial charge in [-0.15, -0.1) is 0 Å². The normalized spacial score (nSPS) is 27.8. The van der Waals surface area contributed by atoms with E-state index in [1.54, 1.807) is 86.3 Å². The van der Waals surface area contributed by atoms with Crippen LogP contribution in [-0.4, -0.2) is 264 Å². The van der Waals surface area contributed by atoms with Crippen LogP contribution in [0.15, 0.2) is 12.2 Å². The van der Waals surface area contributed by atoms with E-state index < -0.39 is 167 Å². The average Bonchev–Trinajstić information content (AvgIpc) is 0.822. The summed E-state index contributed by atoms with van der Waals surface area (Å²) in [5.74, 6) is -12.5. The Balaban J connectivity index is 3.05. The number of ketones is 3. The van der Waals surface area contributed by atoms with Crippen LogP contribution < -0.4 is 5.32 Å². The number of hydrogen-bond acceptors (Lipinski definition) is 15. The van der Waals surface area contributed by atoms with Gasteiger partial charge in [-0.25, -0.2) is 4.79 Å². The van der Waals surface area contributed by atoms with Crippen LogP contribution >= 0.6 is 0 Å². The molecule has 24 heteroatoms. The van der Waals surface area contributed by atoms with Crippen molar-refractivity contribution >= 4 is 70.7 Å². The van der Waals surface area contributed by atoms with Gasteiger partial charge in [-0.2, -0.15) is 0 Å². The second kappa shape index (κ2) is 38.6. The number of nitrogens with zero attached hydrogens (tertiary/aromatic N) is 9. The van der Waals surface area contributed by atoms with Crippen LogP contribution in [-0.2, 0) is 57.5 Å². The number of carbonyl (C=O) groups is 12. The van der Waals surface area contributed by atoms with Crippen LogP contribution in [0.1, 0.15) is 169 Å². The van der Waals surface area contributed by atoms with Crippen LogP contribution in [0.3, 0.4) is 0 Å². The summed E-state index contributed by atoms with van der Waals surface area (Å²) >= 11 is 0. The molecule has 0 radical (unpaired) electrons. The lowest BCUT2D eigenvalue weighted by Crippen LogP contribution is -2.63. The van der Waals surface area contributed by atoms with Gasteiger partial charge < -0.3 is 59.3 Å². The molecule has 542 valence electrons. The lowest BCUT2D eigenvalue weighted by Gasteiger charge is -2.41. The Labute approximate surface area is 569 Å². The van der Waals surface area contributed by atoms with Gasteiger partial charge in [0.1, 0.15) is 42.0 Å². The Morgan fingerprint density at radius 2 is 0.979 bits per heavy atom. The van der Waals surface area contributed by atoms with Crippen LogP contribution in [0, 0.1) is 59.2 Å². The number of aliphatic hydroxyl groups excluding tert-OH is 1. The number of carbonyl (C=O) groups excluding carboxylic acids is 12. The molecule has 0 aliphatic carbocycles. The zero-order chi connectivity index (χ0) is 73.1. The molecule has 2 heterocycles. The van der Waals surface area contributed by atoms with Crippen molar-refractivity contribution in [2.45, 2.75) is 224 Å². The summed E-state index contributed by atoms with van der Waals surface area (Å²) in [5, 5.41) is 15.0. The van der Waals surface area contributed by atoms with Crippen molar-refractivity contribution in [2.24, 2.45) is 59.2 Å². The minimum atomic E-state index is -1.65. The minimum Gasteiger partial charge on any atom is -0.449 e. The summed E-state index contributed by atoms with van der Waals surface area (Å²) in [6.45, 7) is 31.5. The summed E-state index contributed by atoms with van der Waals surface area (Å²) < 4.78 is 5.84. The predicted molar refractivity (Wildman–Crippen MR) is 367 cm³/mol. The van der Waals surface area contributed by atoms with E-state index in [9.17, 15) is 29.1 Å². The molecule has 2 aliphatic rings. The summed E-state index contributed by atoms with van der Waals surface area (Å²) in [6.07, 6.45) is 1.31. The van der Waals surface area contributed by atoms with Crippen LogP contribution in [0.4, 0.5) is 4.79 Å². The highest BCUT2D eigenvalue weighted by Crippen LogP contribution is 2.30. The Morgan fingerprint density at radius 1 is 0.516 bits per heavy atom. The second-order valence-electron chi connectivity index (χ2n) is 29.6. The van der Waals surface area contributed by atoms with E-state index in [2.05, 4.69) is 10.2 Å². The maximum absolute atomic E-state index is 15.3. The molecule has 2 saturated heterocycles. The zero-order valence-corrected chi connectivity index (χ0v) is 62.6. The number of amides is 9. The number of Topliss-reactive ketones (excluding diaryl/α,β-unsaturated/α-hetero) is 3. The monoisotopic (exact) mass is 1340 g/mol. The number of ether oxygens (including phenoxy) is 1. The summed E-state index contributed by atoms with van der Waals surface area (Å²) in [4.78, 5) is 190. The summed E-state index contributed by atoms with van der Waals surface area (Å²) in [5.41, 5.74) is 0. The maximum Gasteiger partial charge on any atom is 0.409 e. The highest BCUT2D eigenvalue weighted by atomic mass is 16.6. The lowest BCUT2D eigenvalue weighted by atomic mass is 9.83. The number of allylic oxidation sites excluding steroid dienone is 2. The summed E-state index contributed by atoms with van der Waals surface area (Å²) in [6, 6.07) is -10.2. The second-order valence-corrected chi connectivity index (χ2v) is 29.6. The van der Waals surface area contributed by atoms with Gasteiger partial charge in [0.15, 0.2) is 11.6 Å². The van der Waals surface area contributed by atoms with Crippen molar-refractivity contribution < 1.29 is 67.4 Å². The third kappa shape index (κ3) is 23.2. The molecule has 0 unspecified atom stereocenters. The molecule has 0 bridgehead atoms. The predicted octanol–water partition coefficient (Wildman–Crippen LogP) is 5.90. The van der Waals surface area contributed by atoms with Gasteiger partial charge >= 0.3 is 6.09 Å². The van der Waals surface area contributed by atoms with Crippen LogP contribution in [0.5, 0.6) is 0 Å². The van der Waals surface area contributed by atoms with Gasteiger partial charge in [0.2, 0.25) is 47.3 Å². The van der Waals surface area contributed by atoms with Gasteiger partial charge in [0.05, 0.1) is 24.8 Å². The summed E-state index contributed by atoms with van der Waals surface area (Å²) in [7, 11) is 12.0. The standard InChI is InChI=1S/C71H124N10O14/c1-26-28-29-46(13)62(85)61-63(86)72-52(27-2)67(90)74(19)50(17)65(88)79(24)60(49(16)40-95-71(94)81-32-30-73(18)31-33-81)58(84)39-51(44(9)10)66(89)75(20)53(34-41(3)4)57(83)37-47(14)56(82)38-48(15)64(87)76(21)54(35-42(5)6)68(91)77(22)55(36-43(7)8)69(92)78(23)59(45(11)12)70(93)80(61)25/h26,28,41-55,59-62,85H,27,29-40H2,1-25H3,(H,72,86)/b28-26+/t46-,47-,48+,49-,50-,51+,52+,53+,54+,55+,59+,60+,61+,62-/m1/s1. The smallest absolute Gasteiger partial charge is 0.409 e. The van der Waals surface area contributed by atoms with Crippen molar-refractivity contribution in [1.29, 1.82) is 0 Å². The van der Waals surface area contributed by atoms with Crippen molar-refractivity contribution in [2.75, 3.05) is 89.2 Å². The molecule has 0 aromatic carbocycles. The molecule has 9 amide bonds. The number of likely N-dealkylation sites (N-methyl/N-ethyl adjacent to an activating group) is 8. The lowest BCUT2D eigenvalue weighted by molar-refractivity contribution is -0.157. The highest BCUT2D eigenvalue weighted by molar-refractivity contribution is 6.00. The zero-order valence-electron chi connectivity index (χ0n) is 62.6. The third-order valence-corrected chi connectivity index (χ3v) is 19.5. The topological polar surface area (TPSA) is 275 Å². The Morgan fingerprint density at radius 3 is 1.46 bits per heavy atom. The first-order valence-electron chi connectivity index (χ1n) is 34.7. The largest absolute Gasteiger partial charge is 0.449 e. The molecule has 2 N–H and O–H groups in total. The van der Waals surface area contributed by atoms with Crippen molar-refractivity contribution in [3.63, 3.8) is 0 Å². The Kier molecular flexibility index (Phi) is 34.4. The van der Waals surface area contributed by atoms with Crippen LogP contribution in [0.2, 0.25) is 0 Å². The van der Waals surface area contributed by atoms with Gasteiger partial charge in [-0.1, -0.05) is 116 Å². The molecule has 2 fully saturated rings. The van der Waals surface area contributed by atoms with Crippen molar-refractivity contribution in [3.05, 3.63) is 12.2 Å². The number of rotatable bonds is 16. The molecule has 95 heavy (non-hydrogen) atoms. The molecular formula is C71H124N10O14. The van der Waals surface area contributed by atoms with Crippen molar-refractivity contribution in [1.82, 2.24) is 49.4 Å². The first kappa shape index (κ1) is 84.8. The van der Waals surface area contributed by atoms with E-state index in [1.807, 2.05) is 48.6 Å². The fraction of sp³-hybridized carbons (Fsp3) is 0.803. The number of aliphatic hydroxyl groups is 1. The maximum atomic E-state index is 15.3. The number of nitrogens with one attached hydrogen (secondary N) is 1. The van der Waals surface area contributed by atoms with E-state index in [4.69, 9.17) is 4.74 Å². The molecule has 0 saturated carbocycles.